The van der Waals surface area contributed by atoms with E-state index in [-0.39, 0.29) is 0 Å². The maximum absolute atomic E-state index is 13.8. The van der Waals surface area contributed by atoms with Crippen LogP contribution in [0.25, 0.3) is 0 Å². The molecular weight excluding hydrogens is 167 g/mol. The third-order valence-corrected chi connectivity index (χ3v) is 3.25. The lowest BCUT2D eigenvalue weighted by Crippen LogP contribution is -2.42. The first-order valence-corrected chi connectivity index (χ1v) is 5.42. The van der Waals surface area contributed by atoms with Gasteiger partial charge >= 0.3 is 0 Å². The van der Waals surface area contributed by atoms with Gasteiger partial charge < -0.3 is 10.6 Å². The molecule has 0 aromatic rings. The average molecular weight is 186 g/mol. The highest BCUT2D eigenvalue weighted by atomic mass is 19.1. The van der Waals surface area contributed by atoms with E-state index in [1.807, 2.05) is 0 Å². The summed E-state index contributed by atoms with van der Waals surface area (Å²) in [4.78, 5) is 0. The lowest BCUT2D eigenvalue weighted by atomic mass is 10.1. The second-order valence-corrected chi connectivity index (χ2v) is 4.44. The van der Waals surface area contributed by atoms with Crippen LogP contribution in [0.3, 0.4) is 0 Å². The van der Waals surface area contributed by atoms with Crippen molar-refractivity contribution in [3.8, 4) is 0 Å². The Hall–Kier alpha value is -0.150. The molecule has 1 saturated heterocycles. The monoisotopic (exact) mass is 186 g/mol. The quantitative estimate of drug-likeness (QED) is 0.692. The van der Waals surface area contributed by atoms with E-state index in [9.17, 15) is 4.39 Å². The minimum Gasteiger partial charge on any atom is -0.313 e. The fraction of sp³-hybridized carbons (Fsp3) is 1.00. The molecule has 2 fully saturated rings. The van der Waals surface area contributed by atoms with E-state index < -0.39 is 5.67 Å². The fourth-order valence-electron chi connectivity index (χ4n) is 2.32. The van der Waals surface area contributed by atoms with E-state index in [1.165, 1.54) is 25.7 Å². The van der Waals surface area contributed by atoms with Crippen LogP contribution >= 0.6 is 0 Å². The number of nitrogens with one attached hydrogen (secondary N) is 2. The molecule has 0 aromatic heterocycles. The van der Waals surface area contributed by atoms with Crippen LogP contribution < -0.4 is 10.6 Å². The minimum atomic E-state index is -0.970. The number of halogens is 1. The number of hydrogen-bond acceptors (Lipinski definition) is 2. The van der Waals surface area contributed by atoms with Gasteiger partial charge in [-0.15, -0.1) is 0 Å². The molecule has 13 heavy (non-hydrogen) atoms. The second-order valence-electron chi connectivity index (χ2n) is 4.44. The van der Waals surface area contributed by atoms with Crippen molar-refractivity contribution in [2.75, 3.05) is 19.6 Å². The molecule has 1 heterocycles. The molecule has 2 N–H and O–H groups in total. The van der Waals surface area contributed by atoms with E-state index in [2.05, 4.69) is 10.6 Å². The zero-order valence-corrected chi connectivity index (χ0v) is 8.11. The molecule has 0 bridgehead atoms. The highest BCUT2D eigenvalue weighted by molar-refractivity contribution is 4.91. The number of alkyl halides is 1. The Kier molecular flexibility index (Phi) is 2.84. The van der Waals surface area contributed by atoms with Crippen molar-refractivity contribution >= 4 is 0 Å². The lowest BCUT2D eigenvalue weighted by Gasteiger charge is -2.21. The predicted octanol–water partition coefficient (Wildman–Crippen LogP) is 1.22. The first-order valence-electron chi connectivity index (χ1n) is 5.42. The van der Waals surface area contributed by atoms with Crippen molar-refractivity contribution in [3.63, 3.8) is 0 Å². The standard InChI is InChI=1S/C10H19FN2/c11-10(5-6-12-7-10)8-13-9-3-1-2-4-9/h9,12-13H,1-8H2. The molecule has 1 unspecified atom stereocenters. The summed E-state index contributed by atoms with van der Waals surface area (Å²) < 4.78 is 13.8. The second kappa shape index (κ2) is 3.93. The first-order chi connectivity index (χ1) is 6.29. The minimum absolute atomic E-state index is 0.534. The van der Waals surface area contributed by atoms with Gasteiger partial charge in [-0.3, -0.25) is 0 Å². The molecule has 1 saturated carbocycles. The summed E-state index contributed by atoms with van der Waals surface area (Å²) >= 11 is 0. The maximum atomic E-state index is 13.8. The molecule has 0 aromatic carbocycles. The van der Waals surface area contributed by atoms with Gasteiger partial charge in [-0.25, -0.2) is 4.39 Å². The van der Waals surface area contributed by atoms with Crippen LogP contribution in [0.1, 0.15) is 32.1 Å². The molecular formula is C10H19FN2. The molecule has 2 nitrogen and oxygen atoms in total. The number of hydrogen-bond donors (Lipinski definition) is 2. The Labute approximate surface area is 79.3 Å². The van der Waals surface area contributed by atoms with Gasteiger partial charge in [-0.1, -0.05) is 12.8 Å². The van der Waals surface area contributed by atoms with Crippen LogP contribution in [0.5, 0.6) is 0 Å². The van der Waals surface area contributed by atoms with Crippen LogP contribution in [-0.2, 0) is 0 Å². The fourth-order valence-corrected chi connectivity index (χ4v) is 2.32. The van der Waals surface area contributed by atoms with Crippen molar-refractivity contribution < 1.29 is 4.39 Å². The van der Waals surface area contributed by atoms with Crippen LogP contribution in [0.4, 0.5) is 4.39 Å². The molecule has 0 amide bonds. The average Bonchev–Trinajstić information content (AvgIpc) is 2.72. The van der Waals surface area contributed by atoms with Crippen LogP contribution in [-0.4, -0.2) is 31.3 Å². The highest BCUT2D eigenvalue weighted by Gasteiger charge is 2.33. The zero-order chi connectivity index (χ0) is 9.15. The van der Waals surface area contributed by atoms with Gasteiger partial charge in [-0.2, -0.15) is 0 Å². The summed E-state index contributed by atoms with van der Waals surface area (Å²) in [7, 11) is 0. The Morgan fingerprint density at radius 2 is 2.15 bits per heavy atom. The van der Waals surface area contributed by atoms with E-state index in [0.29, 0.717) is 25.6 Å². The summed E-state index contributed by atoms with van der Waals surface area (Å²) in [6.45, 7) is 1.92. The van der Waals surface area contributed by atoms with E-state index in [1.54, 1.807) is 0 Å². The van der Waals surface area contributed by atoms with Gasteiger partial charge in [0, 0.05) is 19.1 Å². The lowest BCUT2D eigenvalue weighted by molar-refractivity contribution is 0.179. The molecule has 0 radical (unpaired) electrons. The molecule has 2 aliphatic rings. The van der Waals surface area contributed by atoms with E-state index in [4.69, 9.17) is 0 Å². The Morgan fingerprint density at radius 1 is 1.38 bits per heavy atom. The topological polar surface area (TPSA) is 24.1 Å². The van der Waals surface area contributed by atoms with Gasteiger partial charge in [-0.05, 0) is 25.8 Å². The molecule has 0 spiro atoms. The molecule has 2 rings (SSSR count). The Morgan fingerprint density at radius 3 is 2.77 bits per heavy atom. The maximum Gasteiger partial charge on any atom is 0.136 e. The van der Waals surface area contributed by atoms with Crippen LogP contribution in [0.2, 0.25) is 0 Å². The van der Waals surface area contributed by atoms with Crippen molar-refractivity contribution in [2.45, 2.75) is 43.8 Å². The van der Waals surface area contributed by atoms with E-state index in [0.717, 1.165) is 6.54 Å². The summed E-state index contributed by atoms with van der Waals surface area (Å²) in [5, 5.41) is 6.42. The normalized spacial score (nSPS) is 35.8. The third-order valence-electron chi connectivity index (χ3n) is 3.25. The predicted molar refractivity (Wildman–Crippen MR) is 51.6 cm³/mol. The van der Waals surface area contributed by atoms with Crippen molar-refractivity contribution in [1.29, 1.82) is 0 Å². The molecule has 1 aliphatic heterocycles. The van der Waals surface area contributed by atoms with Gasteiger partial charge in [0.05, 0.1) is 0 Å². The van der Waals surface area contributed by atoms with Crippen molar-refractivity contribution in [3.05, 3.63) is 0 Å². The third kappa shape index (κ3) is 2.41. The largest absolute Gasteiger partial charge is 0.313 e. The molecule has 76 valence electrons. The smallest absolute Gasteiger partial charge is 0.136 e. The summed E-state index contributed by atoms with van der Waals surface area (Å²) in [6, 6.07) is 0.591. The van der Waals surface area contributed by atoms with Gasteiger partial charge in [0.1, 0.15) is 5.67 Å². The number of rotatable bonds is 3. The van der Waals surface area contributed by atoms with Crippen LogP contribution in [0, 0.1) is 0 Å². The summed E-state index contributed by atoms with van der Waals surface area (Å²) in [6.07, 6.45) is 5.78. The summed E-state index contributed by atoms with van der Waals surface area (Å²) in [5.74, 6) is 0. The Bertz CT molecular complexity index is 160. The van der Waals surface area contributed by atoms with Gasteiger partial charge in [0.2, 0.25) is 0 Å². The highest BCUT2D eigenvalue weighted by Crippen LogP contribution is 2.22. The molecule has 3 heteroatoms. The Balaban J connectivity index is 1.71. The first kappa shape index (κ1) is 9.41. The summed E-state index contributed by atoms with van der Waals surface area (Å²) in [5.41, 5.74) is -0.970. The van der Waals surface area contributed by atoms with Crippen molar-refractivity contribution in [1.82, 2.24) is 10.6 Å². The van der Waals surface area contributed by atoms with E-state index >= 15 is 0 Å². The zero-order valence-electron chi connectivity index (χ0n) is 8.11. The molecule has 1 aliphatic carbocycles. The van der Waals surface area contributed by atoms with Gasteiger partial charge in [0.15, 0.2) is 0 Å². The SMILES string of the molecule is FC1(CNC2CCCC2)CCNC1. The van der Waals surface area contributed by atoms with Crippen LogP contribution in [0.15, 0.2) is 0 Å². The molecule has 1 atom stereocenters. The van der Waals surface area contributed by atoms with Gasteiger partial charge in [0.25, 0.3) is 0 Å². The van der Waals surface area contributed by atoms with Crippen molar-refractivity contribution in [2.24, 2.45) is 0 Å².